The van der Waals surface area contributed by atoms with Gasteiger partial charge in [-0.1, -0.05) is 23.4 Å². The number of methoxy groups -OCH3 is 2. The van der Waals surface area contributed by atoms with Gasteiger partial charge in [-0.25, -0.2) is 4.79 Å². The van der Waals surface area contributed by atoms with Gasteiger partial charge in [-0.2, -0.15) is 0 Å². The van der Waals surface area contributed by atoms with Crippen LogP contribution < -0.4 is 19.9 Å². The maximum Gasteiger partial charge on any atom is 0.374 e. The number of aryl methyl sites for hydroxylation is 1. The van der Waals surface area contributed by atoms with Crippen LogP contribution in [0.3, 0.4) is 0 Å². The van der Waals surface area contributed by atoms with Crippen molar-refractivity contribution in [2.24, 2.45) is 10.9 Å². The number of amidine groups is 1. The summed E-state index contributed by atoms with van der Waals surface area (Å²) in [6.45, 7) is 3.47. The molecule has 0 amide bonds. The normalized spacial score (nSPS) is 12.2. The van der Waals surface area contributed by atoms with Gasteiger partial charge in [0.1, 0.15) is 5.75 Å². The van der Waals surface area contributed by atoms with Crippen molar-refractivity contribution in [1.29, 1.82) is 0 Å². The van der Waals surface area contributed by atoms with E-state index in [4.69, 9.17) is 24.8 Å². The number of nitrogens with two attached hydrogens (primary N) is 1. The third-order valence-corrected chi connectivity index (χ3v) is 3.64. The van der Waals surface area contributed by atoms with Crippen LogP contribution in [0.1, 0.15) is 18.1 Å². The molecule has 0 aromatic heterocycles. The van der Waals surface area contributed by atoms with Gasteiger partial charge in [0.15, 0.2) is 23.4 Å². The molecule has 0 radical (unpaired) electrons. The molecular formula is C19H22N2O5. The largest absolute Gasteiger partial charge is 0.493 e. The van der Waals surface area contributed by atoms with Gasteiger partial charge in [0.2, 0.25) is 0 Å². The summed E-state index contributed by atoms with van der Waals surface area (Å²) in [6, 6.07) is 12.4. The van der Waals surface area contributed by atoms with Gasteiger partial charge in [-0.15, -0.1) is 0 Å². The van der Waals surface area contributed by atoms with E-state index >= 15 is 0 Å². The fraction of sp³-hybridized carbons (Fsp3) is 0.263. The quantitative estimate of drug-likeness (QED) is 0.354. The van der Waals surface area contributed by atoms with E-state index in [0.29, 0.717) is 22.8 Å². The molecule has 2 N–H and O–H groups in total. The first-order valence-corrected chi connectivity index (χ1v) is 7.95. The molecule has 2 aromatic rings. The van der Waals surface area contributed by atoms with Gasteiger partial charge < -0.3 is 24.8 Å². The van der Waals surface area contributed by atoms with Gasteiger partial charge in [0.05, 0.1) is 14.2 Å². The summed E-state index contributed by atoms with van der Waals surface area (Å²) in [5, 5.41) is 3.68. The highest BCUT2D eigenvalue weighted by molar-refractivity contribution is 5.98. The van der Waals surface area contributed by atoms with Gasteiger partial charge in [-0.05, 0) is 43.7 Å². The average molecular weight is 358 g/mol. The monoisotopic (exact) mass is 358 g/mol. The zero-order valence-electron chi connectivity index (χ0n) is 15.2. The van der Waals surface area contributed by atoms with E-state index in [2.05, 4.69) is 5.16 Å². The van der Waals surface area contributed by atoms with Crippen LogP contribution in [0.5, 0.6) is 17.2 Å². The lowest BCUT2D eigenvalue weighted by Crippen LogP contribution is -2.26. The number of rotatable bonds is 7. The van der Waals surface area contributed by atoms with Crippen molar-refractivity contribution in [1.82, 2.24) is 0 Å². The topological polar surface area (TPSA) is 92.4 Å². The van der Waals surface area contributed by atoms with Crippen LogP contribution in [0.15, 0.2) is 47.6 Å². The summed E-state index contributed by atoms with van der Waals surface area (Å²) < 4.78 is 16.0. The first-order chi connectivity index (χ1) is 12.5. The van der Waals surface area contributed by atoms with Crippen molar-refractivity contribution < 1.29 is 23.8 Å². The standard InChI is InChI=1S/C19H22N2O5/c1-12-7-5-6-8-15(12)25-13(2)19(22)26-21-18(20)14-9-10-16(23-3)17(11-14)24-4/h5-11,13H,1-4H3,(H2,20,21)/t13-/m0/s1. The molecule has 138 valence electrons. The summed E-state index contributed by atoms with van der Waals surface area (Å²) in [5.41, 5.74) is 7.32. The number of hydrogen-bond donors (Lipinski definition) is 1. The van der Waals surface area contributed by atoms with Crippen LogP contribution in [0.2, 0.25) is 0 Å². The van der Waals surface area contributed by atoms with E-state index in [0.717, 1.165) is 5.56 Å². The lowest BCUT2D eigenvalue weighted by atomic mass is 10.2. The molecule has 0 bridgehead atoms. The second kappa shape index (κ2) is 8.75. The zero-order chi connectivity index (χ0) is 19.1. The third-order valence-electron chi connectivity index (χ3n) is 3.64. The number of benzene rings is 2. The Balaban J connectivity index is 2.03. The molecule has 0 heterocycles. The number of hydrogen-bond acceptors (Lipinski definition) is 6. The Bertz CT molecular complexity index is 804. The average Bonchev–Trinajstić information content (AvgIpc) is 2.66. The second-order valence-corrected chi connectivity index (χ2v) is 5.48. The van der Waals surface area contributed by atoms with E-state index in [1.807, 2.05) is 25.1 Å². The SMILES string of the molecule is COc1ccc(/C(N)=N\OC(=O)[C@H](C)Oc2ccccc2C)cc1OC. The highest BCUT2D eigenvalue weighted by Gasteiger charge is 2.18. The molecule has 0 saturated heterocycles. The van der Waals surface area contributed by atoms with Crippen LogP contribution in [-0.2, 0) is 9.63 Å². The zero-order valence-corrected chi connectivity index (χ0v) is 15.2. The molecule has 0 aliphatic heterocycles. The first-order valence-electron chi connectivity index (χ1n) is 7.95. The molecule has 0 saturated carbocycles. The van der Waals surface area contributed by atoms with Crippen LogP contribution in [0.4, 0.5) is 0 Å². The van der Waals surface area contributed by atoms with Gasteiger partial charge >= 0.3 is 5.97 Å². The number of oxime groups is 1. The summed E-state index contributed by atoms with van der Waals surface area (Å²) in [6.07, 6.45) is -0.835. The van der Waals surface area contributed by atoms with Crippen LogP contribution in [-0.4, -0.2) is 32.1 Å². The van der Waals surface area contributed by atoms with E-state index < -0.39 is 12.1 Å². The number of ether oxygens (including phenoxy) is 3. The van der Waals surface area contributed by atoms with E-state index in [-0.39, 0.29) is 5.84 Å². The van der Waals surface area contributed by atoms with E-state index in [9.17, 15) is 4.79 Å². The first kappa shape index (κ1) is 19.1. The van der Waals surface area contributed by atoms with Crippen LogP contribution in [0.25, 0.3) is 0 Å². The van der Waals surface area contributed by atoms with Crippen molar-refractivity contribution in [3.8, 4) is 17.2 Å². The molecule has 2 rings (SSSR count). The molecular weight excluding hydrogens is 336 g/mol. The maximum absolute atomic E-state index is 12.1. The summed E-state index contributed by atoms with van der Waals surface area (Å²) in [4.78, 5) is 17.0. The maximum atomic E-state index is 12.1. The van der Waals surface area contributed by atoms with Crippen molar-refractivity contribution >= 4 is 11.8 Å². The van der Waals surface area contributed by atoms with Gasteiger partial charge in [0, 0.05) is 5.56 Å². The van der Waals surface area contributed by atoms with E-state index in [1.165, 1.54) is 14.2 Å². The molecule has 1 atom stereocenters. The number of nitrogens with zero attached hydrogens (tertiary/aromatic N) is 1. The molecule has 7 heteroatoms. The predicted octanol–water partition coefficient (Wildman–Crippen LogP) is 2.64. The highest BCUT2D eigenvalue weighted by atomic mass is 16.7. The smallest absolute Gasteiger partial charge is 0.374 e. The van der Waals surface area contributed by atoms with Crippen molar-refractivity contribution in [3.05, 3.63) is 53.6 Å². The van der Waals surface area contributed by atoms with Crippen molar-refractivity contribution in [2.45, 2.75) is 20.0 Å². The van der Waals surface area contributed by atoms with Crippen LogP contribution in [0, 0.1) is 6.92 Å². The minimum Gasteiger partial charge on any atom is -0.493 e. The Morgan fingerprint density at radius 1 is 1.04 bits per heavy atom. The Morgan fingerprint density at radius 3 is 2.38 bits per heavy atom. The molecule has 2 aromatic carbocycles. The second-order valence-electron chi connectivity index (χ2n) is 5.48. The van der Waals surface area contributed by atoms with Crippen molar-refractivity contribution in [2.75, 3.05) is 14.2 Å². The molecule has 0 unspecified atom stereocenters. The minimum atomic E-state index is -0.835. The number of carbonyl (C=O) groups is 1. The third kappa shape index (κ3) is 4.66. The number of carbonyl (C=O) groups excluding carboxylic acids is 1. The van der Waals surface area contributed by atoms with E-state index in [1.54, 1.807) is 31.2 Å². The minimum absolute atomic E-state index is 0.0300. The Labute approximate surface area is 152 Å². The fourth-order valence-corrected chi connectivity index (χ4v) is 2.14. The molecule has 0 aliphatic carbocycles. The lowest BCUT2D eigenvalue weighted by Gasteiger charge is -2.13. The summed E-state index contributed by atoms with van der Waals surface area (Å²) in [7, 11) is 3.05. The highest BCUT2D eigenvalue weighted by Crippen LogP contribution is 2.27. The Kier molecular flexibility index (Phi) is 6.43. The predicted molar refractivity (Wildman–Crippen MR) is 97.6 cm³/mol. The molecule has 0 spiro atoms. The Hall–Kier alpha value is -3.22. The van der Waals surface area contributed by atoms with Crippen LogP contribution >= 0.6 is 0 Å². The van der Waals surface area contributed by atoms with Crippen molar-refractivity contribution in [3.63, 3.8) is 0 Å². The fourth-order valence-electron chi connectivity index (χ4n) is 2.14. The lowest BCUT2D eigenvalue weighted by molar-refractivity contribution is -0.151. The Morgan fingerprint density at radius 2 is 1.73 bits per heavy atom. The molecule has 0 fully saturated rings. The van der Waals surface area contributed by atoms with Gasteiger partial charge in [0.25, 0.3) is 0 Å². The van der Waals surface area contributed by atoms with Gasteiger partial charge in [-0.3, -0.25) is 0 Å². The summed E-state index contributed by atoms with van der Waals surface area (Å²) in [5.74, 6) is 1.03. The number of para-hydroxylation sites is 1. The summed E-state index contributed by atoms with van der Waals surface area (Å²) >= 11 is 0. The molecule has 26 heavy (non-hydrogen) atoms. The molecule has 0 aliphatic rings. The molecule has 7 nitrogen and oxygen atoms in total.